The van der Waals surface area contributed by atoms with E-state index in [-0.39, 0.29) is 45.3 Å². The first-order chi connectivity index (χ1) is 15.2. The number of halogens is 1. The van der Waals surface area contributed by atoms with Gasteiger partial charge in [-0.25, -0.2) is 0 Å². The van der Waals surface area contributed by atoms with Crippen molar-refractivity contribution in [2.45, 2.75) is 18.8 Å². The number of ketones is 2. The van der Waals surface area contributed by atoms with E-state index in [1.807, 2.05) is 6.08 Å². The molecule has 4 aliphatic rings. The van der Waals surface area contributed by atoms with Gasteiger partial charge in [0.05, 0.1) is 23.4 Å². The molecule has 0 bridgehead atoms. The summed E-state index contributed by atoms with van der Waals surface area (Å²) in [5, 5.41) is 20.1. The van der Waals surface area contributed by atoms with E-state index in [9.17, 15) is 29.5 Å². The van der Waals surface area contributed by atoms with Gasteiger partial charge in [-0.15, -0.1) is 0 Å². The molecular weight excluding hydrogens is 482 g/mol. The maximum absolute atomic E-state index is 13.1. The van der Waals surface area contributed by atoms with E-state index in [0.29, 0.717) is 16.9 Å². The largest absolute Gasteiger partial charge is 0.508 e. The Bertz CT molecular complexity index is 1210. The number of allylic oxidation sites excluding steroid dienone is 6. The number of hydroxylamine groups is 2. The van der Waals surface area contributed by atoms with Gasteiger partial charge in [-0.3, -0.25) is 24.4 Å². The van der Waals surface area contributed by atoms with Crippen LogP contribution in [0.15, 0.2) is 51.6 Å². The average molecular weight is 500 g/mol. The zero-order valence-electron chi connectivity index (χ0n) is 16.9. The lowest BCUT2D eigenvalue weighted by atomic mass is 9.59. The lowest BCUT2D eigenvalue weighted by Gasteiger charge is -2.42. The van der Waals surface area contributed by atoms with Crippen molar-refractivity contribution >= 4 is 39.3 Å². The summed E-state index contributed by atoms with van der Waals surface area (Å²) in [6.07, 6.45) is 3.42. The molecule has 1 aromatic carbocycles. The second kappa shape index (κ2) is 7.25. The average Bonchev–Trinajstić information content (AvgIpc) is 3.00. The Balaban J connectivity index is 1.74. The van der Waals surface area contributed by atoms with Crippen LogP contribution in [-0.4, -0.2) is 45.9 Å². The van der Waals surface area contributed by atoms with Gasteiger partial charge in [-0.05, 0) is 40.8 Å². The Morgan fingerprint density at radius 2 is 1.88 bits per heavy atom. The molecule has 4 unspecified atom stereocenters. The third-order valence-corrected chi connectivity index (χ3v) is 7.43. The monoisotopic (exact) mass is 499 g/mol. The highest BCUT2D eigenvalue weighted by Gasteiger charge is 2.56. The lowest BCUT2D eigenvalue weighted by molar-refractivity contribution is -0.173. The molecule has 0 radical (unpaired) electrons. The summed E-state index contributed by atoms with van der Waals surface area (Å²) in [6, 6.07) is 4.52. The predicted molar refractivity (Wildman–Crippen MR) is 113 cm³/mol. The maximum atomic E-state index is 13.1. The first-order valence-electron chi connectivity index (χ1n) is 10.1. The van der Waals surface area contributed by atoms with Crippen LogP contribution in [0.3, 0.4) is 0 Å². The number of methoxy groups -OCH3 is 1. The fraction of sp³-hybridized carbons (Fsp3) is 0.304. The number of phenols is 1. The van der Waals surface area contributed by atoms with E-state index < -0.39 is 35.5 Å². The number of Topliss-reactive ketones (excluding diaryl/α,β-unsaturated/α-hetero) is 1. The van der Waals surface area contributed by atoms with Gasteiger partial charge < -0.3 is 9.84 Å². The van der Waals surface area contributed by atoms with Crippen LogP contribution in [0.4, 0.5) is 0 Å². The molecule has 9 heteroatoms. The number of hydrogen-bond donors (Lipinski definition) is 2. The third kappa shape index (κ3) is 2.77. The molecule has 164 valence electrons. The van der Waals surface area contributed by atoms with Gasteiger partial charge in [-0.1, -0.05) is 17.7 Å². The summed E-state index contributed by atoms with van der Waals surface area (Å²) in [5.41, 5.74) is 1.89. The molecule has 1 saturated heterocycles. The minimum Gasteiger partial charge on any atom is -0.508 e. The number of benzene rings is 1. The van der Waals surface area contributed by atoms with Crippen molar-refractivity contribution in [2.24, 2.45) is 17.8 Å². The summed E-state index contributed by atoms with van der Waals surface area (Å²) < 4.78 is 5.60. The molecular formula is C23H18BrNO7. The number of hydrogen-bond acceptors (Lipinski definition) is 7. The van der Waals surface area contributed by atoms with E-state index in [4.69, 9.17) is 4.74 Å². The molecule has 4 atom stereocenters. The highest BCUT2D eigenvalue weighted by Crippen LogP contribution is 2.56. The van der Waals surface area contributed by atoms with Crippen LogP contribution in [0, 0.1) is 17.8 Å². The number of nitrogens with zero attached hydrogens (tertiary/aromatic N) is 1. The number of fused-ring (bicyclic) bond motifs is 3. The van der Waals surface area contributed by atoms with E-state index in [0.717, 1.165) is 5.57 Å². The van der Waals surface area contributed by atoms with Gasteiger partial charge in [0.15, 0.2) is 11.6 Å². The molecule has 5 rings (SSSR count). The van der Waals surface area contributed by atoms with Crippen molar-refractivity contribution in [1.29, 1.82) is 0 Å². The minimum atomic E-state index is -0.820. The van der Waals surface area contributed by atoms with Crippen molar-refractivity contribution in [2.75, 3.05) is 7.11 Å². The molecule has 2 amide bonds. The van der Waals surface area contributed by atoms with Crippen LogP contribution in [0.2, 0.25) is 0 Å². The molecule has 2 N–H and O–H groups in total. The highest BCUT2D eigenvalue weighted by atomic mass is 79.9. The number of carbonyl (C=O) groups excluding carboxylic acids is 4. The molecule has 32 heavy (non-hydrogen) atoms. The van der Waals surface area contributed by atoms with Crippen molar-refractivity contribution in [1.82, 2.24) is 5.06 Å². The molecule has 8 nitrogen and oxygen atoms in total. The standard InChI is InChI=1S/C23H18BrNO7/c1-32-17-6-9(26)2-3-11(17)18-10-4-5-12-19(23(30)25(31)22(12)29)13(10)7-14-20(18)16(27)8-15(24)21(14)28/h2-4,6,8,12-13,18-19,26,31H,5,7H2,1H3. The Labute approximate surface area is 190 Å². The van der Waals surface area contributed by atoms with Crippen LogP contribution in [0.1, 0.15) is 24.3 Å². The predicted octanol–water partition coefficient (Wildman–Crippen LogP) is 2.55. The zero-order chi connectivity index (χ0) is 22.9. The number of phenolic OH excluding ortho intramolecular Hbond substituents is 1. The second-order valence-corrected chi connectivity index (χ2v) is 9.16. The highest BCUT2D eigenvalue weighted by molar-refractivity contribution is 9.12. The molecule has 1 fully saturated rings. The summed E-state index contributed by atoms with van der Waals surface area (Å²) in [6.45, 7) is 0. The van der Waals surface area contributed by atoms with Gasteiger partial charge in [0.1, 0.15) is 11.5 Å². The van der Waals surface area contributed by atoms with Crippen LogP contribution in [-0.2, 0) is 19.2 Å². The molecule has 1 aliphatic heterocycles. The van der Waals surface area contributed by atoms with Crippen molar-refractivity contribution in [3.63, 3.8) is 0 Å². The molecule has 0 aromatic heterocycles. The van der Waals surface area contributed by atoms with Crippen LogP contribution in [0.5, 0.6) is 11.5 Å². The minimum absolute atomic E-state index is 0.0222. The normalized spacial score (nSPS) is 29.4. The summed E-state index contributed by atoms with van der Waals surface area (Å²) in [5.74, 6) is -4.47. The number of aromatic hydroxyl groups is 1. The van der Waals surface area contributed by atoms with Crippen LogP contribution in [0.25, 0.3) is 0 Å². The van der Waals surface area contributed by atoms with Crippen LogP contribution >= 0.6 is 15.9 Å². The van der Waals surface area contributed by atoms with E-state index in [2.05, 4.69) is 15.9 Å². The first kappa shape index (κ1) is 20.8. The molecule has 0 saturated carbocycles. The number of ether oxygens (including phenoxy) is 1. The van der Waals surface area contributed by atoms with Gasteiger partial charge in [-0.2, -0.15) is 5.06 Å². The molecule has 0 spiro atoms. The topological polar surface area (TPSA) is 121 Å². The van der Waals surface area contributed by atoms with Crippen LogP contribution < -0.4 is 4.74 Å². The Morgan fingerprint density at radius 1 is 1.12 bits per heavy atom. The van der Waals surface area contributed by atoms with Crippen molar-refractivity contribution < 1.29 is 34.2 Å². The summed E-state index contributed by atoms with van der Waals surface area (Å²) in [4.78, 5) is 51.3. The van der Waals surface area contributed by atoms with Gasteiger partial charge in [0.2, 0.25) is 0 Å². The van der Waals surface area contributed by atoms with Gasteiger partial charge in [0, 0.05) is 34.8 Å². The fourth-order valence-electron chi connectivity index (χ4n) is 5.48. The SMILES string of the molecule is COc1cc(O)ccc1C1C2=CCC3C(=O)N(O)C(=O)C3C2CC2=C1C(=O)C=C(Br)C2=O. The van der Waals surface area contributed by atoms with E-state index in [1.165, 1.54) is 25.3 Å². The van der Waals surface area contributed by atoms with Crippen molar-refractivity contribution in [3.8, 4) is 11.5 Å². The lowest BCUT2D eigenvalue weighted by Crippen LogP contribution is -2.39. The molecule has 3 aliphatic carbocycles. The zero-order valence-corrected chi connectivity index (χ0v) is 18.5. The van der Waals surface area contributed by atoms with Gasteiger partial charge >= 0.3 is 0 Å². The van der Waals surface area contributed by atoms with E-state index in [1.54, 1.807) is 6.07 Å². The first-order valence-corrected chi connectivity index (χ1v) is 10.9. The third-order valence-electron chi connectivity index (χ3n) is 6.84. The van der Waals surface area contributed by atoms with E-state index >= 15 is 0 Å². The quantitative estimate of drug-likeness (QED) is 0.277. The smallest absolute Gasteiger partial charge is 0.257 e. The number of rotatable bonds is 2. The Hall–Kier alpha value is -3.04. The summed E-state index contributed by atoms with van der Waals surface area (Å²) in [7, 11) is 1.44. The second-order valence-electron chi connectivity index (χ2n) is 8.31. The molecule has 1 heterocycles. The Kier molecular flexibility index (Phi) is 4.72. The number of imide groups is 1. The van der Waals surface area contributed by atoms with Gasteiger partial charge in [0.25, 0.3) is 11.8 Å². The fourth-order valence-corrected chi connectivity index (χ4v) is 5.93. The number of carbonyl (C=O) groups is 4. The maximum Gasteiger partial charge on any atom is 0.257 e. The Morgan fingerprint density at radius 3 is 2.59 bits per heavy atom. The van der Waals surface area contributed by atoms with Crippen molar-refractivity contribution in [3.05, 3.63) is 57.1 Å². The number of amides is 2. The summed E-state index contributed by atoms with van der Waals surface area (Å²) >= 11 is 3.16. The molecule has 1 aromatic rings.